The molecule has 4 heteroatoms. The van der Waals surface area contributed by atoms with Crippen LogP contribution in [0.25, 0.3) is 10.8 Å². The molecule has 204 valence electrons. The first kappa shape index (κ1) is 24.1. The molecule has 8 fully saturated rings. The minimum absolute atomic E-state index is 0.0255. The molecule has 4 nitrogen and oxygen atoms in total. The van der Waals surface area contributed by atoms with E-state index in [1.165, 1.54) is 98.9 Å². The fourth-order valence-corrected chi connectivity index (χ4v) is 11.7. The van der Waals surface area contributed by atoms with Gasteiger partial charge in [0.25, 0.3) is 0 Å². The van der Waals surface area contributed by atoms with Crippen LogP contribution in [0.1, 0.15) is 88.2 Å². The molecule has 0 atom stereocenters. The van der Waals surface area contributed by atoms with Crippen LogP contribution in [0.2, 0.25) is 0 Å². The van der Waals surface area contributed by atoms with Crippen LogP contribution in [-0.2, 0) is 10.8 Å². The van der Waals surface area contributed by atoms with Gasteiger partial charge in [0, 0.05) is 21.9 Å². The highest BCUT2D eigenvalue weighted by molar-refractivity contribution is 5.95. The van der Waals surface area contributed by atoms with E-state index in [4.69, 9.17) is 9.47 Å². The Morgan fingerprint density at radius 2 is 1.13 bits per heavy atom. The molecule has 0 aromatic heterocycles. The van der Waals surface area contributed by atoms with Crippen LogP contribution < -0.4 is 9.47 Å². The van der Waals surface area contributed by atoms with Gasteiger partial charge in [-0.05, 0) is 135 Å². The number of hydrogen-bond donors (Lipinski definition) is 2. The van der Waals surface area contributed by atoms with Crippen molar-refractivity contribution in [3.8, 4) is 11.5 Å². The van der Waals surface area contributed by atoms with Crippen molar-refractivity contribution in [2.24, 2.45) is 35.5 Å². The third-order valence-corrected chi connectivity index (χ3v) is 12.0. The molecule has 8 aliphatic carbocycles. The Bertz CT molecular complexity index is 1160. The van der Waals surface area contributed by atoms with Crippen LogP contribution in [0.4, 0.5) is 0 Å². The highest BCUT2D eigenvalue weighted by Crippen LogP contribution is 2.66. The highest BCUT2D eigenvalue weighted by Gasteiger charge is 2.56. The predicted molar refractivity (Wildman–Crippen MR) is 149 cm³/mol. The molecular formula is C34H44O4. The number of hydrogen-bond acceptors (Lipinski definition) is 4. The lowest BCUT2D eigenvalue weighted by Gasteiger charge is -2.59. The Morgan fingerprint density at radius 1 is 0.632 bits per heavy atom. The summed E-state index contributed by atoms with van der Waals surface area (Å²) in [7, 11) is 0. The summed E-state index contributed by atoms with van der Waals surface area (Å²) in [6, 6.07) is 8.99. The van der Waals surface area contributed by atoms with Crippen molar-refractivity contribution in [1.82, 2.24) is 0 Å². The van der Waals surface area contributed by atoms with Gasteiger partial charge in [0.2, 0.25) is 0 Å². The van der Waals surface area contributed by atoms with Crippen molar-refractivity contribution in [3.05, 3.63) is 35.4 Å². The Labute approximate surface area is 227 Å². The zero-order chi connectivity index (χ0) is 25.5. The molecule has 8 bridgehead atoms. The number of fused-ring (bicyclic) bond motifs is 1. The van der Waals surface area contributed by atoms with Gasteiger partial charge in [0.05, 0.1) is 13.2 Å². The summed E-state index contributed by atoms with van der Waals surface area (Å²) in [6.07, 6.45) is 16.3. The summed E-state index contributed by atoms with van der Waals surface area (Å²) in [6.45, 7) is 0.766. The Kier molecular flexibility index (Phi) is 5.61. The predicted octanol–water partition coefficient (Wildman–Crippen LogP) is 6.52. The van der Waals surface area contributed by atoms with Crippen LogP contribution in [0.15, 0.2) is 24.3 Å². The summed E-state index contributed by atoms with van der Waals surface area (Å²) >= 11 is 0. The molecule has 2 N–H and O–H groups in total. The highest BCUT2D eigenvalue weighted by atomic mass is 16.5. The smallest absolute Gasteiger partial charge is 0.127 e. The van der Waals surface area contributed by atoms with Gasteiger partial charge in [0.15, 0.2) is 0 Å². The third kappa shape index (κ3) is 3.61. The lowest BCUT2D eigenvalue weighted by atomic mass is 9.46. The monoisotopic (exact) mass is 516 g/mol. The summed E-state index contributed by atoms with van der Waals surface area (Å²) in [5, 5.41) is 22.1. The largest absolute Gasteiger partial charge is 0.491 e. The fraction of sp³-hybridized carbons (Fsp3) is 0.706. The minimum Gasteiger partial charge on any atom is -0.491 e. The van der Waals surface area contributed by atoms with E-state index in [0.717, 1.165) is 47.0 Å². The van der Waals surface area contributed by atoms with E-state index >= 15 is 0 Å². The van der Waals surface area contributed by atoms with Crippen molar-refractivity contribution in [2.45, 2.75) is 87.9 Å². The van der Waals surface area contributed by atoms with Crippen molar-refractivity contribution in [2.75, 3.05) is 26.4 Å². The first-order valence-electron chi connectivity index (χ1n) is 15.7. The lowest BCUT2D eigenvalue weighted by molar-refractivity contribution is -0.0105. The SMILES string of the molecule is OCCOc1c(C23CC4CC(CC(C4)C2)C3)cc2c(OCCO)cccc2c1C12CC3CC(CC(C3)C1)C2. The number of aliphatic hydroxyl groups is 2. The summed E-state index contributed by atoms with van der Waals surface area (Å²) in [5.41, 5.74) is 3.26. The Morgan fingerprint density at radius 3 is 1.66 bits per heavy atom. The Hall–Kier alpha value is -1.78. The molecule has 0 amide bonds. The molecule has 8 saturated carbocycles. The van der Waals surface area contributed by atoms with Gasteiger partial charge in [-0.3, -0.25) is 0 Å². The maximum Gasteiger partial charge on any atom is 0.127 e. The lowest BCUT2D eigenvalue weighted by Crippen LogP contribution is -2.50. The molecule has 0 saturated heterocycles. The van der Waals surface area contributed by atoms with E-state index in [-0.39, 0.29) is 24.0 Å². The standard InChI is InChI=1S/C34H44O4/c35-4-6-37-30-3-1-2-27-28(30)14-29(33-15-21-8-22(16-33)10-23(9-21)17-33)32(38-7-5-36)31(27)34-18-24-11-25(19-34)13-26(12-24)20-34/h1-3,14,21-26,35-36H,4-13,15-20H2. The van der Waals surface area contributed by atoms with Crippen molar-refractivity contribution >= 4 is 10.8 Å². The van der Waals surface area contributed by atoms with Crippen LogP contribution in [0.3, 0.4) is 0 Å². The summed E-state index contributed by atoms with van der Waals surface area (Å²) in [5.74, 6) is 7.15. The van der Waals surface area contributed by atoms with Crippen LogP contribution in [0.5, 0.6) is 11.5 Å². The maximum absolute atomic E-state index is 9.96. The second kappa shape index (κ2) is 8.86. The molecule has 0 unspecified atom stereocenters. The van der Waals surface area contributed by atoms with E-state index in [0.29, 0.717) is 13.2 Å². The van der Waals surface area contributed by atoms with Crippen molar-refractivity contribution in [3.63, 3.8) is 0 Å². The summed E-state index contributed by atoms with van der Waals surface area (Å²) < 4.78 is 13.0. The number of ether oxygens (including phenoxy) is 2. The maximum atomic E-state index is 9.96. The molecule has 0 spiro atoms. The van der Waals surface area contributed by atoms with Crippen LogP contribution in [0, 0.1) is 35.5 Å². The van der Waals surface area contributed by atoms with Gasteiger partial charge < -0.3 is 19.7 Å². The molecule has 0 heterocycles. The van der Waals surface area contributed by atoms with E-state index in [2.05, 4.69) is 24.3 Å². The third-order valence-electron chi connectivity index (χ3n) is 12.0. The summed E-state index contributed by atoms with van der Waals surface area (Å²) in [4.78, 5) is 0. The average Bonchev–Trinajstić information content (AvgIpc) is 2.88. The van der Waals surface area contributed by atoms with Gasteiger partial charge in [-0.1, -0.05) is 12.1 Å². The van der Waals surface area contributed by atoms with Crippen molar-refractivity contribution < 1.29 is 19.7 Å². The normalized spacial score (nSPS) is 40.3. The average molecular weight is 517 g/mol. The second-order valence-electron chi connectivity index (χ2n) is 14.5. The molecule has 0 radical (unpaired) electrons. The minimum atomic E-state index is 0.0255. The molecular weight excluding hydrogens is 472 g/mol. The van der Waals surface area contributed by atoms with Gasteiger partial charge in [0.1, 0.15) is 24.7 Å². The Balaban J connectivity index is 1.39. The first-order valence-corrected chi connectivity index (χ1v) is 15.7. The topological polar surface area (TPSA) is 58.9 Å². The second-order valence-corrected chi connectivity index (χ2v) is 14.5. The van der Waals surface area contributed by atoms with E-state index in [1.54, 1.807) is 0 Å². The van der Waals surface area contributed by atoms with Gasteiger partial charge in [-0.2, -0.15) is 0 Å². The van der Waals surface area contributed by atoms with E-state index in [9.17, 15) is 10.2 Å². The van der Waals surface area contributed by atoms with Gasteiger partial charge >= 0.3 is 0 Å². The molecule has 0 aliphatic heterocycles. The van der Waals surface area contributed by atoms with E-state index in [1.807, 2.05) is 0 Å². The number of aliphatic hydroxyl groups excluding tert-OH is 2. The zero-order valence-corrected chi connectivity index (χ0v) is 22.8. The number of rotatable bonds is 8. The molecule has 38 heavy (non-hydrogen) atoms. The van der Waals surface area contributed by atoms with Crippen LogP contribution >= 0.6 is 0 Å². The first-order chi connectivity index (χ1) is 18.6. The quantitative estimate of drug-likeness (QED) is 0.420. The fourth-order valence-electron chi connectivity index (χ4n) is 11.7. The molecule has 2 aromatic rings. The van der Waals surface area contributed by atoms with Gasteiger partial charge in [-0.15, -0.1) is 0 Å². The molecule has 8 aliphatic rings. The molecule has 2 aromatic carbocycles. The van der Waals surface area contributed by atoms with Gasteiger partial charge in [-0.25, -0.2) is 0 Å². The number of benzene rings is 2. The van der Waals surface area contributed by atoms with E-state index < -0.39 is 0 Å². The van der Waals surface area contributed by atoms with Crippen LogP contribution in [-0.4, -0.2) is 36.6 Å². The zero-order valence-electron chi connectivity index (χ0n) is 22.8. The molecule has 10 rings (SSSR count). The van der Waals surface area contributed by atoms with Crippen molar-refractivity contribution in [1.29, 1.82) is 0 Å².